The number of sulfonamides is 1. The second-order valence-electron chi connectivity index (χ2n) is 3.72. The Balaban J connectivity index is 2.27. The smallest absolute Gasteiger partial charge is 0.211 e. The molecule has 6 heteroatoms. The highest BCUT2D eigenvalue weighted by Gasteiger charge is 2.19. The normalized spacial score (nSPS) is 19.3. The van der Waals surface area contributed by atoms with Crippen LogP contribution in [0.2, 0.25) is 0 Å². The van der Waals surface area contributed by atoms with Gasteiger partial charge < -0.3 is 0 Å². The molecular formula is C9H18ClNO2S2. The van der Waals surface area contributed by atoms with Crippen LogP contribution >= 0.6 is 23.4 Å². The highest BCUT2D eigenvalue weighted by Crippen LogP contribution is 2.17. The van der Waals surface area contributed by atoms with Crippen molar-refractivity contribution >= 4 is 33.4 Å². The molecule has 1 rings (SSSR count). The number of rotatable bonds is 6. The van der Waals surface area contributed by atoms with Crippen molar-refractivity contribution in [2.24, 2.45) is 0 Å². The summed E-state index contributed by atoms with van der Waals surface area (Å²) in [5, 5.41) is 0. The Labute approximate surface area is 101 Å². The maximum absolute atomic E-state index is 11.6. The summed E-state index contributed by atoms with van der Waals surface area (Å²) < 4.78 is 26.0. The molecule has 0 spiro atoms. The number of unbranched alkanes of at least 4 members (excludes halogenated alkanes) is 1. The van der Waals surface area contributed by atoms with Crippen LogP contribution in [-0.4, -0.2) is 37.6 Å². The molecule has 1 aliphatic rings. The Morgan fingerprint density at radius 1 is 1.27 bits per heavy atom. The number of hydrogen-bond donors (Lipinski definition) is 1. The van der Waals surface area contributed by atoms with Gasteiger partial charge in [0.1, 0.15) is 0 Å². The molecule has 0 bridgehead atoms. The predicted octanol–water partition coefficient (Wildman–Crippen LogP) is 1.82. The molecule has 0 saturated carbocycles. The first-order chi connectivity index (χ1) is 7.14. The van der Waals surface area contributed by atoms with E-state index in [0.29, 0.717) is 12.3 Å². The van der Waals surface area contributed by atoms with E-state index >= 15 is 0 Å². The lowest BCUT2D eigenvalue weighted by atomic mass is 10.2. The first kappa shape index (κ1) is 13.6. The molecule has 1 aliphatic heterocycles. The minimum Gasteiger partial charge on any atom is -0.212 e. The monoisotopic (exact) mass is 271 g/mol. The lowest BCUT2D eigenvalue weighted by Crippen LogP contribution is -2.38. The number of thioether (sulfide) groups is 1. The van der Waals surface area contributed by atoms with Gasteiger partial charge in [-0.3, -0.25) is 0 Å². The second kappa shape index (κ2) is 6.99. The summed E-state index contributed by atoms with van der Waals surface area (Å²) in [6.45, 7) is 0. The van der Waals surface area contributed by atoms with Crippen molar-refractivity contribution in [1.82, 2.24) is 4.72 Å². The predicted molar refractivity (Wildman–Crippen MR) is 67.2 cm³/mol. The third kappa shape index (κ3) is 6.00. The summed E-state index contributed by atoms with van der Waals surface area (Å²) in [5.74, 6) is 2.88. The lowest BCUT2D eigenvalue weighted by Gasteiger charge is -2.22. The largest absolute Gasteiger partial charge is 0.212 e. The molecule has 1 heterocycles. The van der Waals surface area contributed by atoms with E-state index in [4.69, 9.17) is 11.6 Å². The van der Waals surface area contributed by atoms with Crippen LogP contribution in [0.15, 0.2) is 0 Å². The number of nitrogens with one attached hydrogen (secondary N) is 1. The summed E-state index contributed by atoms with van der Waals surface area (Å²) in [4.78, 5) is 0. The first-order valence-electron chi connectivity index (χ1n) is 5.28. The summed E-state index contributed by atoms with van der Waals surface area (Å²) in [6, 6.07) is 0.159. The van der Waals surface area contributed by atoms with Gasteiger partial charge in [-0.25, -0.2) is 13.1 Å². The van der Waals surface area contributed by atoms with E-state index < -0.39 is 10.0 Å². The van der Waals surface area contributed by atoms with Crippen LogP contribution in [0, 0.1) is 0 Å². The molecule has 90 valence electrons. The van der Waals surface area contributed by atoms with Crippen LogP contribution < -0.4 is 4.72 Å². The maximum Gasteiger partial charge on any atom is 0.211 e. The van der Waals surface area contributed by atoms with Crippen molar-refractivity contribution in [3.05, 3.63) is 0 Å². The molecule has 0 aromatic heterocycles. The average molecular weight is 272 g/mol. The molecule has 0 aliphatic carbocycles. The molecule has 0 aromatic rings. The molecular weight excluding hydrogens is 254 g/mol. The third-order valence-electron chi connectivity index (χ3n) is 2.36. The zero-order valence-electron chi connectivity index (χ0n) is 8.75. The number of alkyl halides is 1. The number of halogens is 1. The van der Waals surface area contributed by atoms with Gasteiger partial charge in [0, 0.05) is 11.9 Å². The summed E-state index contributed by atoms with van der Waals surface area (Å²) in [6.07, 6.45) is 3.34. The Morgan fingerprint density at radius 2 is 1.93 bits per heavy atom. The van der Waals surface area contributed by atoms with Crippen molar-refractivity contribution in [2.45, 2.75) is 31.7 Å². The van der Waals surface area contributed by atoms with E-state index in [1.165, 1.54) is 0 Å². The van der Waals surface area contributed by atoms with Gasteiger partial charge >= 0.3 is 0 Å². The molecule has 1 N–H and O–H groups in total. The van der Waals surface area contributed by atoms with E-state index in [-0.39, 0.29) is 11.8 Å². The van der Waals surface area contributed by atoms with Crippen molar-refractivity contribution in [3.63, 3.8) is 0 Å². The molecule has 0 amide bonds. The minimum atomic E-state index is -3.07. The Morgan fingerprint density at radius 3 is 2.53 bits per heavy atom. The van der Waals surface area contributed by atoms with Gasteiger partial charge in [-0.05, 0) is 37.2 Å². The van der Waals surface area contributed by atoms with Crippen LogP contribution in [-0.2, 0) is 10.0 Å². The van der Waals surface area contributed by atoms with Crippen LogP contribution in [0.4, 0.5) is 0 Å². The molecule has 3 nitrogen and oxygen atoms in total. The van der Waals surface area contributed by atoms with Crippen LogP contribution in [0.1, 0.15) is 25.7 Å². The molecule has 15 heavy (non-hydrogen) atoms. The van der Waals surface area contributed by atoms with Gasteiger partial charge in [-0.15, -0.1) is 11.6 Å². The van der Waals surface area contributed by atoms with Gasteiger partial charge in [0.2, 0.25) is 10.0 Å². The van der Waals surface area contributed by atoms with Crippen molar-refractivity contribution in [1.29, 1.82) is 0 Å². The van der Waals surface area contributed by atoms with Gasteiger partial charge in [0.05, 0.1) is 5.75 Å². The SMILES string of the molecule is O=S(=O)(CCCCCl)NC1CCSCC1. The average Bonchev–Trinajstić information content (AvgIpc) is 2.18. The first-order valence-corrected chi connectivity index (χ1v) is 8.62. The van der Waals surface area contributed by atoms with E-state index in [0.717, 1.165) is 30.8 Å². The van der Waals surface area contributed by atoms with Gasteiger partial charge in [-0.1, -0.05) is 0 Å². The van der Waals surface area contributed by atoms with Crippen molar-refractivity contribution < 1.29 is 8.42 Å². The quantitative estimate of drug-likeness (QED) is 0.592. The van der Waals surface area contributed by atoms with E-state index in [1.54, 1.807) is 0 Å². The zero-order valence-corrected chi connectivity index (χ0v) is 11.1. The second-order valence-corrected chi connectivity index (χ2v) is 7.20. The van der Waals surface area contributed by atoms with Crippen molar-refractivity contribution in [2.75, 3.05) is 23.1 Å². The molecule has 1 fully saturated rings. The lowest BCUT2D eigenvalue weighted by molar-refractivity contribution is 0.527. The van der Waals surface area contributed by atoms with Gasteiger partial charge in [0.25, 0.3) is 0 Å². The summed E-state index contributed by atoms with van der Waals surface area (Å²) in [5.41, 5.74) is 0. The van der Waals surface area contributed by atoms with Crippen LogP contribution in [0.25, 0.3) is 0 Å². The molecule has 0 aromatic carbocycles. The standard InChI is InChI=1S/C9H18ClNO2S2/c10-5-1-2-8-15(12,13)11-9-3-6-14-7-4-9/h9,11H,1-8H2. The Hall–Kier alpha value is 0.550. The molecule has 1 saturated heterocycles. The van der Waals surface area contributed by atoms with E-state index in [2.05, 4.69) is 4.72 Å². The van der Waals surface area contributed by atoms with E-state index in [1.807, 2.05) is 11.8 Å². The Kier molecular flexibility index (Phi) is 6.34. The van der Waals surface area contributed by atoms with Gasteiger partial charge in [-0.2, -0.15) is 11.8 Å². The van der Waals surface area contributed by atoms with Crippen LogP contribution in [0.5, 0.6) is 0 Å². The Bertz CT molecular complexity index is 263. The zero-order chi connectivity index (χ0) is 11.1. The summed E-state index contributed by atoms with van der Waals surface area (Å²) >= 11 is 7.40. The number of hydrogen-bond acceptors (Lipinski definition) is 3. The highest BCUT2D eigenvalue weighted by molar-refractivity contribution is 7.99. The third-order valence-corrected chi connectivity index (χ3v) is 5.20. The topological polar surface area (TPSA) is 46.2 Å². The maximum atomic E-state index is 11.6. The molecule has 0 radical (unpaired) electrons. The van der Waals surface area contributed by atoms with Crippen molar-refractivity contribution in [3.8, 4) is 0 Å². The fourth-order valence-electron chi connectivity index (χ4n) is 1.51. The van der Waals surface area contributed by atoms with Crippen LogP contribution in [0.3, 0.4) is 0 Å². The molecule has 0 atom stereocenters. The summed E-state index contributed by atoms with van der Waals surface area (Å²) in [7, 11) is -3.07. The highest BCUT2D eigenvalue weighted by atomic mass is 35.5. The van der Waals surface area contributed by atoms with E-state index in [9.17, 15) is 8.42 Å². The fraction of sp³-hybridized carbons (Fsp3) is 1.00. The molecule has 0 unspecified atom stereocenters. The minimum absolute atomic E-state index is 0.159. The van der Waals surface area contributed by atoms with Gasteiger partial charge in [0.15, 0.2) is 0 Å². The fourth-order valence-corrected chi connectivity index (χ4v) is 4.26.